The van der Waals surface area contributed by atoms with Gasteiger partial charge in [-0.15, -0.1) is 0 Å². The summed E-state index contributed by atoms with van der Waals surface area (Å²) in [4.78, 5) is 10.3. The van der Waals surface area contributed by atoms with Crippen molar-refractivity contribution in [1.82, 2.24) is 5.43 Å². The van der Waals surface area contributed by atoms with E-state index < -0.39 is 6.03 Å². The molecule has 0 fully saturated rings. The number of carbonyl (C=O) groups excluding carboxylic acids is 1. The van der Waals surface area contributed by atoms with Crippen molar-refractivity contribution in [2.45, 2.75) is 13.8 Å². The van der Waals surface area contributed by atoms with E-state index >= 15 is 0 Å². The van der Waals surface area contributed by atoms with Gasteiger partial charge in [0, 0.05) is 0 Å². The highest BCUT2D eigenvalue weighted by Crippen LogP contribution is 2.07. The van der Waals surface area contributed by atoms with Gasteiger partial charge in [-0.2, -0.15) is 5.10 Å². The Bertz CT molecular complexity index is 372. The van der Waals surface area contributed by atoms with Crippen LogP contribution in [0.25, 0.3) is 0 Å². The van der Waals surface area contributed by atoms with E-state index in [0.29, 0.717) is 0 Å². The maximum atomic E-state index is 10.3. The van der Waals surface area contributed by atoms with Crippen LogP contribution in [0.3, 0.4) is 0 Å². The molecular weight excluding hydrogens is 178 g/mol. The second kappa shape index (κ2) is 4.41. The number of rotatable bonds is 2. The molecule has 0 heterocycles. The van der Waals surface area contributed by atoms with Crippen molar-refractivity contribution in [3.63, 3.8) is 0 Å². The minimum absolute atomic E-state index is 0.661. The van der Waals surface area contributed by atoms with Gasteiger partial charge < -0.3 is 5.73 Å². The van der Waals surface area contributed by atoms with Crippen LogP contribution >= 0.6 is 0 Å². The Balaban J connectivity index is 2.80. The first-order valence-corrected chi connectivity index (χ1v) is 4.25. The molecule has 0 radical (unpaired) electrons. The number of nitrogens with one attached hydrogen (secondary N) is 1. The zero-order valence-corrected chi connectivity index (χ0v) is 8.24. The second-order valence-electron chi connectivity index (χ2n) is 3.09. The predicted octanol–water partition coefficient (Wildman–Crippen LogP) is 1.31. The van der Waals surface area contributed by atoms with Crippen LogP contribution in [0.2, 0.25) is 0 Å². The molecule has 4 nitrogen and oxygen atoms in total. The van der Waals surface area contributed by atoms with Gasteiger partial charge in [-0.1, -0.05) is 23.8 Å². The van der Waals surface area contributed by atoms with E-state index in [1.165, 1.54) is 0 Å². The van der Waals surface area contributed by atoms with Gasteiger partial charge in [-0.05, 0) is 25.0 Å². The fraction of sp³-hybridized carbons (Fsp3) is 0.200. The van der Waals surface area contributed by atoms with Crippen LogP contribution in [0.15, 0.2) is 23.3 Å². The summed E-state index contributed by atoms with van der Waals surface area (Å²) >= 11 is 0. The third-order valence-electron chi connectivity index (χ3n) is 1.81. The van der Waals surface area contributed by atoms with Crippen LogP contribution < -0.4 is 11.2 Å². The van der Waals surface area contributed by atoms with Crippen LogP contribution in [-0.2, 0) is 0 Å². The molecule has 1 rings (SSSR count). The highest BCUT2D eigenvalue weighted by Gasteiger charge is 1.94. The average Bonchev–Trinajstić information content (AvgIpc) is 2.10. The number of nitrogens with zero attached hydrogens (tertiary/aromatic N) is 1. The Labute approximate surface area is 82.8 Å². The monoisotopic (exact) mass is 191 g/mol. The third kappa shape index (κ3) is 2.90. The zero-order chi connectivity index (χ0) is 10.6. The normalized spacial score (nSPS) is 10.4. The number of urea groups is 1. The lowest BCUT2D eigenvalue weighted by atomic mass is 10.1. The number of nitrogens with two attached hydrogens (primary N) is 1. The van der Waals surface area contributed by atoms with Crippen LogP contribution in [0.4, 0.5) is 4.79 Å². The van der Waals surface area contributed by atoms with E-state index in [0.717, 1.165) is 16.7 Å². The molecular formula is C10H13N3O. The Kier molecular flexibility index (Phi) is 3.23. The van der Waals surface area contributed by atoms with Crippen molar-refractivity contribution >= 4 is 12.2 Å². The van der Waals surface area contributed by atoms with Gasteiger partial charge in [0.05, 0.1) is 6.21 Å². The Morgan fingerprint density at radius 2 is 2.21 bits per heavy atom. The second-order valence-corrected chi connectivity index (χ2v) is 3.09. The number of carbonyl (C=O) groups is 1. The van der Waals surface area contributed by atoms with E-state index in [1.807, 2.05) is 32.0 Å². The van der Waals surface area contributed by atoms with Crippen LogP contribution in [0, 0.1) is 13.8 Å². The Morgan fingerprint density at radius 3 is 2.86 bits per heavy atom. The molecule has 1 aromatic rings. The number of aryl methyl sites for hydroxylation is 2. The fourth-order valence-electron chi connectivity index (χ4n) is 1.06. The van der Waals surface area contributed by atoms with Gasteiger partial charge in [0.15, 0.2) is 0 Å². The van der Waals surface area contributed by atoms with Gasteiger partial charge >= 0.3 is 6.03 Å². The topological polar surface area (TPSA) is 67.5 Å². The van der Waals surface area contributed by atoms with E-state index in [-0.39, 0.29) is 0 Å². The SMILES string of the molecule is Cc1ccc(C)c(/C=N/NC(N)=O)c1. The number of primary amides is 1. The third-order valence-corrected chi connectivity index (χ3v) is 1.81. The fourth-order valence-corrected chi connectivity index (χ4v) is 1.06. The molecule has 0 bridgehead atoms. The lowest BCUT2D eigenvalue weighted by Crippen LogP contribution is -2.24. The molecule has 0 atom stereocenters. The quantitative estimate of drug-likeness (QED) is 0.537. The molecule has 3 N–H and O–H groups in total. The predicted molar refractivity (Wildman–Crippen MR) is 56.2 cm³/mol. The molecule has 0 saturated heterocycles. The minimum Gasteiger partial charge on any atom is -0.350 e. The molecule has 4 heteroatoms. The number of amides is 2. The molecule has 0 unspecified atom stereocenters. The van der Waals surface area contributed by atoms with Gasteiger partial charge in [-0.25, -0.2) is 10.2 Å². The van der Waals surface area contributed by atoms with Crippen LogP contribution in [-0.4, -0.2) is 12.2 Å². The van der Waals surface area contributed by atoms with Crippen molar-refractivity contribution in [1.29, 1.82) is 0 Å². The Morgan fingerprint density at radius 1 is 1.50 bits per heavy atom. The summed E-state index contributed by atoms with van der Waals surface area (Å²) in [5.41, 5.74) is 10.2. The first-order valence-electron chi connectivity index (χ1n) is 4.25. The smallest absolute Gasteiger partial charge is 0.332 e. The van der Waals surface area contributed by atoms with E-state index in [4.69, 9.17) is 5.73 Å². The largest absolute Gasteiger partial charge is 0.350 e. The van der Waals surface area contributed by atoms with Crippen molar-refractivity contribution in [2.24, 2.45) is 10.8 Å². The zero-order valence-electron chi connectivity index (χ0n) is 8.24. The van der Waals surface area contributed by atoms with Crippen molar-refractivity contribution in [3.05, 3.63) is 34.9 Å². The molecule has 0 aromatic heterocycles. The van der Waals surface area contributed by atoms with E-state index in [9.17, 15) is 4.79 Å². The van der Waals surface area contributed by atoms with E-state index in [2.05, 4.69) is 10.5 Å². The summed E-state index contributed by atoms with van der Waals surface area (Å²) in [6.45, 7) is 3.98. The standard InChI is InChI=1S/C10H13N3O/c1-7-3-4-8(2)9(5-7)6-12-13-10(11)14/h3-6H,1-2H3,(H3,11,13,14)/b12-6+. The number of hydrogen-bond donors (Lipinski definition) is 2. The number of hydrogen-bond acceptors (Lipinski definition) is 2. The summed E-state index contributed by atoms with van der Waals surface area (Å²) in [6, 6.07) is 5.35. The molecule has 0 spiro atoms. The maximum Gasteiger partial charge on any atom is 0.332 e. The minimum atomic E-state index is -0.661. The number of hydrazone groups is 1. The first kappa shape index (κ1) is 10.2. The summed E-state index contributed by atoms with van der Waals surface area (Å²) in [6.07, 6.45) is 1.58. The van der Waals surface area contributed by atoms with Gasteiger partial charge in [-0.3, -0.25) is 0 Å². The number of benzene rings is 1. The maximum absolute atomic E-state index is 10.3. The highest BCUT2D eigenvalue weighted by molar-refractivity contribution is 5.83. The van der Waals surface area contributed by atoms with Crippen molar-refractivity contribution < 1.29 is 4.79 Å². The summed E-state index contributed by atoms with van der Waals surface area (Å²) in [5.74, 6) is 0. The van der Waals surface area contributed by atoms with Crippen molar-refractivity contribution in [3.8, 4) is 0 Å². The molecule has 2 amide bonds. The molecule has 0 aliphatic rings. The lowest BCUT2D eigenvalue weighted by molar-refractivity contribution is 0.249. The van der Waals surface area contributed by atoms with E-state index in [1.54, 1.807) is 6.21 Å². The van der Waals surface area contributed by atoms with Gasteiger partial charge in [0.1, 0.15) is 0 Å². The van der Waals surface area contributed by atoms with Gasteiger partial charge in [0.2, 0.25) is 0 Å². The summed E-state index contributed by atoms with van der Waals surface area (Å²) < 4.78 is 0. The van der Waals surface area contributed by atoms with Crippen molar-refractivity contribution in [2.75, 3.05) is 0 Å². The lowest BCUT2D eigenvalue weighted by Gasteiger charge is -2.00. The first-order chi connectivity index (χ1) is 6.59. The molecule has 74 valence electrons. The molecule has 0 saturated carbocycles. The molecule has 0 aliphatic heterocycles. The molecule has 0 aliphatic carbocycles. The Hall–Kier alpha value is -1.84. The highest BCUT2D eigenvalue weighted by atomic mass is 16.2. The average molecular weight is 191 g/mol. The summed E-state index contributed by atoms with van der Waals surface area (Å²) in [7, 11) is 0. The molecule has 1 aromatic carbocycles. The van der Waals surface area contributed by atoms with Gasteiger partial charge in [0.25, 0.3) is 0 Å². The van der Waals surface area contributed by atoms with Crippen LogP contribution in [0.1, 0.15) is 16.7 Å². The molecule has 14 heavy (non-hydrogen) atoms. The summed E-state index contributed by atoms with van der Waals surface area (Å²) in [5, 5.41) is 3.69. The van der Waals surface area contributed by atoms with Crippen LogP contribution in [0.5, 0.6) is 0 Å².